The molecular formula is C27H32N4O. The van der Waals surface area contributed by atoms with Crippen molar-refractivity contribution in [3.63, 3.8) is 0 Å². The van der Waals surface area contributed by atoms with Crippen LogP contribution >= 0.6 is 0 Å². The first kappa shape index (κ1) is 19.9. The van der Waals surface area contributed by atoms with E-state index in [1.807, 2.05) is 6.92 Å². The number of fused-ring (bicyclic) bond motifs is 4. The van der Waals surface area contributed by atoms with Crippen molar-refractivity contribution < 1.29 is 4.74 Å². The third kappa shape index (κ3) is 3.39. The van der Waals surface area contributed by atoms with Gasteiger partial charge in [0.2, 0.25) is 5.88 Å². The van der Waals surface area contributed by atoms with Crippen LogP contribution in [0.25, 0.3) is 10.8 Å². The summed E-state index contributed by atoms with van der Waals surface area (Å²) in [6, 6.07) is 16.7. The summed E-state index contributed by atoms with van der Waals surface area (Å²) < 4.78 is 5.93. The van der Waals surface area contributed by atoms with E-state index in [4.69, 9.17) is 9.72 Å². The molecule has 166 valence electrons. The zero-order valence-corrected chi connectivity index (χ0v) is 19.1. The van der Waals surface area contributed by atoms with Crippen LogP contribution in [0.3, 0.4) is 0 Å². The first-order valence-electron chi connectivity index (χ1n) is 12.1. The van der Waals surface area contributed by atoms with Crippen molar-refractivity contribution in [1.82, 2.24) is 10.3 Å². The van der Waals surface area contributed by atoms with Gasteiger partial charge in [0.15, 0.2) is 0 Å². The summed E-state index contributed by atoms with van der Waals surface area (Å²) in [5.41, 5.74) is 6.59. The third-order valence-corrected chi connectivity index (χ3v) is 7.42. The lowest BCUT2D eigenvalue weighted by Gasteiger charge is -2.38. The van der Waals surface area contributed by atoms with Crippen molar-refractivity contribution >= 4 is 22.1 Å². The minimum absolute atomic E-state index is 0.617. The van der Waals surface area contributed by atoms with E-state index in [0.717, 1.165) is 38.5 Å². The fraction of sp³-hybridized carbons (Fsp3) is 0.444. The highest BCUT2D eigenvalue weighted by Gasteiger charge is 2.34. The number of anilines is 2. The molecule has 3 aromatic rings. The van der Waals surface area contributed by atoms with E-state index in [1.165, 1.54) is 51.8 Å². The molecular weight excluding hydrogens is 396 g/mol. The molecule has 3 aliphatic rings. The van der Waals surface area contributed by atoms with Crippen LogP contribution < -0.4 is 19.9 Å². The summed E-state index contributed by atoms with van der Waals surface area (Å²) in [5.74, 6) is 0.767. The molecule has 5 nitrogen and oxygen atoms in total. The Kier molecular flexibility index (Phi) is 4.94. The molecule has 2 fully saturated rings. The number of hydrogen-bond donors (Lipinski definition) is 1. The minimum atomic E-state index is 0.617. The predicted molar refractivity (Wildman–Crippen MR) is 131 cm³/mol. The summed E-state index contributed by atoms with van der Waals surface area (Å²) in [6.45, 7) is 8.92. The van der Waals surface area contributed by atoms with Gasteiger partial charge in [-0.3, -0.25) is 0 Å². The monoisotopic (exact) mass is 428 g/mol. The predicted octanol–water partition coefficient (Wildman–Crippen LogP) is 4.45. The standard InChI is InChI=1S/C27H32N4O/c1-3-32-26-14-25(31-15-20-10-11-21(16-31)28-20)22-12-13-30(17-23(22)29-26)24-9-5-8-19-7-4-6-18(2)27(19)24/h4-9,14,20-21,28H,3,10-13,15-17H2,1-2H3. The number of ether oxygens (including phenoxy) is 1. The van der Waals surface area contributed by atoms with Crippen LogP contribution in [0.4, 0.5) is 11.4 Å². The van der Waals surface area contributed by atoms with Crippen molar-refractivity contribution in [2.45, 2.75) is 51.7 Å². The van der Waals surface area contributed by atoms with Gasteiger partial charge in [0.05, 0.1) is 18.8 Å². The largest absolute Gasteiger partial charge is 0.478 e. The average molecular weight is 429 g/mol. The van der Waals surface area contributed by atoms with Gasteiger partial charge in [0.25, 0.3) is 0 Å². The van der Waals surface area contributed by atoms with Crippen molar-refractivity contribution in [3.8, 4) is 5.88 Å². The highest BCUT2D eigenvalue weighted by molar-refractivity contribution is 5.97. The van der Waals surface area contributed by atoms with E-state index >= 15 is 0 Å². The molecule has 0 amide bonds. The van der Waals surface area contributed by atoms with Crippen LogP contribution in [0, 0.1) is 6.92 Å². The second kappa shape index (κ2) is 7.96. The zero-order chi connectivity index (χ0) is 21.7. The second-order valence-corrected chi connectivity index (χ2v) is 9.50. The summed E-state index contributed by atoms with van der Waals surface area (Å²) in [5, 5.41) is 6.43. The summed E-state index contributed by atoms with van der Waals surface area (Å²) in [4.78, 5) is 10.1. The molecule has 1 aromatic heterocycles. The molecule has 2 atom stereocenters. The highest BCUT2D eigenvalue weighted by Crippen LogP contribution is 2.37. The van der Waals surface area contributed by atoms with Crippen LogP contribution in [0.1, 0.15) is 36.6 Å². The first-order valence-corrected chi connectivity index (χ1v) is 12.1. The van der Waals surface area contributed by atoms with E-state index < -0.39 is 0 Å². The lowest BCUT2D eigenvalue weighted by molar-refractivity contribution is 0.325. The molecule has 4 heterocycles. The van der Waals surface area contributed by atoms with Crippen LogP contribution in [0.15, 0.2) is 42.5 Å². The Morgan fingerprint density at radius 1 is 1.03 bits per heavy atom. The normalized spacial score (nSPS) is 22.3. The van der Waals surface area contributed by atoms with Crippen LogP contribution in [0.2, 0.25) is 0 Å². The number of nitrogens with one attached hydrogen (secondary N) is 1. The highest BCUT2D eigenvalue weighted by atomic mass is 16.5. The van der Waals surface area contributed by atoms with Gasteiger partial charge in [0.1, 0.15) is 0 Å². The Morgan fingerprint density at radius 2 is 1.81 bits per heavy atom. The maximum atomic E-state index is 5.93. The molecule has 5 heteroatoms. The molecule has 2 aromatic carbocycles. The fourth-order valence-electron chi connectivity index (χ4n) is 5.97. The van der Waals surface area contributed by atoms with Gasteiger partial charge in [0, 0.05) is 60.1 Å². The molecule has 1 N–H and O–H groups in total. The van der Waals surface area contributed by atoms with Crippen molar-refractivity contribution in [2.24, 2.45) is 0 Å². The molecule has 2 saturated heterocycles. The number of aryl methyl sites for hydroxylation is 1. The summed E-state index contributed by atoms with van der Waals surface area (Å²) in [6.07, 6.45) is 3.60. The Balaban J connectivity index is 1.39. The molecule has 0 saturated carbocycles. The van der Waals surface area contributed by atoms with E-state index in [1.54, 1.807) is 0 Å². The van der Waals surface area contributed by atoms with Gasteiger partial charge < -0.3 is 19.9 Å². The molecule has 2 unspecified atom stereocenters. The van der Waals surface area contributed by atoms with Crippen molar-refractivity contribution in [3.05, 3.63) is 59.3 Å². The third-order valence-electron chi connectivity index (χ3n) is 7.42. The van der Waals surface area contributed by atoms with Crippen LogP contribution in [-0.4, -0.2) is 43.3 Å². The number of piperazine rings is 1. The van der Waals surface area contributed by atoms with E-state index in [0.29, 0.717) is 18.7 Å². The topological polar surface area (TPSA) is 40.6 Å². The van der Waals surface area contributed by atoms with E-state index in [2.05, 4.69) is 64.5 Å². The maximum absolute atomic E-state index is 5.93. The van der Waals surface area contributed by atoms with Gasteiger partial charge >= 0.3 is 0 Å². The average Bonchev–Trinajstić information content (AvgIpc) is 3.15. The minimum Gasteiger partial charge on any atom is -0.478 e. The van der Waals surface area contributed by atoms with Gasteiger partial charge in [-0.05, 0) is 50.1 Å². The number of nitrogens with zero attached hydrogens (tertiary/aromatic N) is 3. The second-order valence-electron chi connectivity index (χ2n) is 9.50. The van der Waals surface area contributed by atoms with E-state index in [9.17, 15) is 0 Å². The molecule has 0 spiro atoms. The lowest BCUT2D eigenvalue weighted by atomic mass is 9.98. The Labute approximate surface area is 190 Å². The molecule has 32 heavy (non-hydrogen) atoms. The molecule has 6 rings (SSSR count). The smallest absolute Gasteiger partial charge is 0.215 e. The number of benzene rings is 2. The zero-order valence-electron chi connectivity index (χ0n) is 19.1. The van der Waals surface area contributed by atoms with Crippen molar-refractivity contribution in [1.29, 1.82) is 0 Å². The Hall–Kier alpha value is -2.79. The first-order chi connectivity index (χ1) is 15.7. The molecule has 0 radical (unpaired) electrons. The SMILES string of the molecule is CCOc1cc(N2CC3CCC(C2)N3)c2c(n1)CN(c1cccc3cccc(C)c13)CC2. The Bertz CT molecular complexity index is 1140. The van der Waals surface area contributed by atoms with Crippen LogP contribution in [0.5, 0.6) is 5.88 Å². The van der Waals surface area contributed by atoms with Gasteiger partial charge in [-0.15, -0.1) is 0 Å². The van der Waals surface area contributed by atoms with Crippen LogP contribution in [-0.2, 0) is 13.0 Å². The lowest BCUT2D eigenvalue weighted by Crippen LogP contribution is -2.51. The number of aromatic nitrogens is 1. The summed E-state index contributed by atoms with van der Waals surface area (Å²) >= 11 is 0. The van der Waals surface area contributed by atoms with Gasteiger partial charge in [-0.1, -0.05) is 30.3 Å². The summed E-state index contributed by atoms with van der Waals surface area (Å²) in [7, 11) is 0. The van der Waals surface area contributed by atoms with E-state index in [-0.39, 0.29) is 0 Å². The molecule has 0 aliphatic carbocycles. The molecule has 2 bridgehead atoms. The number of pyridine rings is 1. The fourth-order valence-corrected chi connectivity index (χ4v) is 5.97. The Morgan fingerprint density at radius 3 is 2.59 bits per heavy atom. The molecule has 3 aliphatic heterocycles. The van der Waals surface area contributed by atoms with Crippen molar-refractivity contribution in [2.75, 3.05) is 36.0 Å². The van der Waals surface area contributed by atoms with Gasteiger partial charge in [-0.2, -0.15) is 0 Å². The number of hydrogen-bond acceptors (Lipinski definition) is 5. The quantitative estimate of drug-likeness (QED) is 0.665. The van der Waals surface area contributed by atoms with Gasteiger partial charge in [-0.25, -0.2) is 4.98 Å². The maximum Gasteiger partial charge on any atom is 0.215 e. The number of rotatable bonds is 4.